The first-order chi connectivity index (χ1) is 7.49. The number of pyridine rings is 1. The summed E-state index contributed by atoms with van der Waals surface area (Å²) in [6.45, 7) is 9.38. The molecule has 1 rings (SSSR count). The number of ether oxygens (including phenoxy) is 1. The van der Waals surface area contributed by atoms with E-state index in [1.807, 2.05) is 13.0 Å². The Morgan fingerprint density at radius 1 is 1.38 bits per heavy atom. The van der Waals surface area contributed by atoms with Crippen molar-refractivity contribution in [2.75, 3.05) is 6.61 Å². The summed E-state index contributed by atoms with van der Waals surface area (Å²) in [5.74, 6) is 2.11. The van der Waals surface area contributed by atoms with Crippen molar-refractivity contribution in [1.82, 2.24) is 4.98 Å². The molecule has 0 saturated heterocycles. The van der Waals surface area contributed by atoms with Crippen LogP contribution in [0.5, 0.6) is 5.75 Å². The van der Waals surface area contributed by atoms with Crippen LogP contribution in [0.2, 0.25) is 5.15 Å². The molecule has 2 nitrogen and oxygen atoms in total. The predicted molar refractivity (Wildman–Crippen MR) is 68.1 cm³/mol. The van der Waals surface area contributed by atoms with Crippen LogP contribution in [0.3, 0.4) is 0 Å². The summed E-state index contributed by atoms with van der Waals surface area (Å²) in [5.41, 5.74) is 1.04. The molecule has 0 aromatic carbocycles. The average molecular weight is 242 g/mol. The van der Waals surface area contributed by atoms with Gasteiger partial charge >= 0.3 is 0 Å². The Labute approximate surface area is 103 Å². The highest BCUT2D eigenvalue weighted by Gasteiger charge is 2.07. The normalized spacial score (nSPS) is 12.9. The average Bonchev–Trinajstić information content (AvgIpc) is 2.15. The summed E-state index contributed by atoms with van der Waals surface area (Å²) in [4.78, 5) is 4.02. The van der Waals surface area contributed by atoms with Crippen LogP contribution in [0.15, 0.2) is 12.3 Å². The van der Waals surface area contributed by atoms with E-state index < -0.39 is 0 Å². The van der Waals surface area contributed by atoms with Gasteiger partial charge in [-0.15, -0.1) is 0 Å². The van der Waals surface area contributed by atoms with Crippen molar-refractivity contribution in [2.45, 2.75) is 34.1 Å². The number of aromatic nitrogens is 1. The van der Waals surface area contributed by atoms with E-state index in [1.54, 1.807) is 6.20 Å². The summed E-state index contributed by atoms with van der Waals surface area (Å²) in [6, 6.07) is 1.82. The van der Waals surface area contributed by atoms with Crippen LogP contribution in [-0.2, 0) is 0 Å². The summed E-state index contributed by atoms with van der Waals surface area (Å²) >= 11 is 5.78. The van der Waals surface area contributed by atoms with Crippen LogP contribution in [0.1, 0.15) is 32.8 Å². The monoisotopic (exact) mass is 241 g/mol. The molecule has 0 spiro atoms. The maximum absolute atomic E-state index is 5.78. The van der Waals surface area contributed by atoms with Gasteiger partial charge in [0.25, 0.3) is 0 Å². The summed E-state index contributed by atoms with van der Waals surface area (Å²) < 4.78 is 5.73. The third-order valence-corrected chi connectivity index (χ3v) is 2.63. The zero-order chi connectivity index (χ0) is 12.1. The van der Waals surface area contributed by atoms with Crippen molar-refractivity contribution in [3.8, 4) is 5.75 Å². The molecule has 0 radical (unpaired) electrons. The molecule has 0 aliphatic carbocycles. The molecule has 16 heavy (non-hydrogen) atoms. The third kappa shape index (κ3) is 4.40. The van der Waals surface area contributed by atoms with Gasteiger partial charge in [-0.05, 0) is 36.8 Å². The van der Waals surface area contributed by atoms with Gasteiger partial charge in [0, 0.05) is 0 Å². The summed E-state index contributed by atoms with van der Waals surface area (Å²) in [7, 11) is 0. The Morgan fingerprint density at radius 3 is 2.62 bits per heavy atom. The molecule has 1 heterocycles. The first-order valence-corrected chi connectivity index (χ1v) is 6.11. The molecule has 0 fully saturated rings. The Balaban J connectivity index is 2.48. The Bertz CT molecular complexity index is 339. The van der Waals surface area contributed by atoms with Crippen molar-refractivity contribution >= 4 is 11.6 Å². The molecule has 3 heteroatoms. The second kappa shape index (κ2) is 6.09. The molecular weight excluding hydrogens is 222 g/mol. The lowest BCUT2D eigenvalue weighted by Crippen LogP contribution is -2.11. The largest absolute Gasteiger partial charge is 0.491 e. The van der Waals surface area contributed by atoms with Crippen LogP contribution in [0.25, 0.3) is 0 Å². The van der Waals surface area contributed by atoms with Gasteiger partial charge in [-0.1, -0.05) is 32.4 Å². The molecule has 90 valence electrons. The minimum atomic E-state index is 0.514. The van der Waals surface area contributed by atoms with E-state index in [-0.39, 0.29) is 0 Å². The maximum Gasteiger partial charge on any atom is 0.140 e. The third-order valence-electron chi connectivity index (χ3n) is 2.43. The summed E-state index contributed by atoms with van der Waals surface area (Å²) in [5, 5.41) is 0.514. The van der Waals surface area contributed by atoms with Gasteiger partial charge in [0.15, 0.2) is 0 Å². The minimum Gasteiger partial charge on any atom is -0.491 e. The fourth-order valence-electron chi connectivity index (χ4n) is 1.77. The molecular formula is C13H20ClNO. The van der Waals surface area contributed by atoms with Crippen molar-refractivity contribution < 1.29 is 4.74 Å². The van der Waals surface area contributed by atoms with Crippen LogP contribution >= 0.6 is 11.6 Å². The number of rotatable bonds is 5. The quantitative estimate of drug-likeness (QED) is 0.724. The first kappa shape index (κ1) is 13.3. The van der Waals surface area contributed by atoms with E-state index in [4.69, 9.17) is 16.3 Å². The van der Waals surface area contributed by atoms with E-state index in [9.17, 15) is 0 Å². The fraction of sp³-hybridized carbons (Fsp3) is 0.615. The van der Waals surface area contributed by atoms with Gasteiger partial charge in [-0.25, -0.2) is 4.98 Å². The lowest BCUT2D eigenvalue weighted by Gasteiger charge is -2.15. The van der Waals surface area contributed by atoms with E-state index >= 15 is 0 Å². The van der Waals surface area contributed by atoms with E-state index in [0.29, 0.717) is 17.0 Å². The van der Waals surface area contributed by atoms with Crippen molar-refractivity contribution in [3.05, 3.63) is 23.0 Å². The molecule has 1 aromatic rings. The zero-order valence-corrected chi connectivity index (χ0v) is 11.2. The highest BCUT2D eigenvalue weighted by Crippen LogP contribution is 2.20. The van der Waals surface area contributed by atoms with Crippen LogP contribution in [-0.4, -0.2) is 11.6 Å². The highest BCUT2D eigenvalue weighted by molar-refractivity contribution is 6.29. The molecule has 1 atom stereocenters. The molecule has 0 aliphatic rings. The zero-order valence-electron chi connectivity index (χ0n) is 10.5. The van der Waals surface area contributed by atoms with Gasteiger partial charge in [-0.3, -0.25) is 0 Å². The Morgan fingerprint density at radius 2 is 2.06 bits per heavy atom. The van der Waals surface area contributed by atoms with Gasteiger partial charge < -0.3 is 4.74 Å². The smallest absolute Gasteiger partial charge is 0.140 e. The minimum absolute atomic E-state index is 0.514. The number of aryl methyl sites for hydroxylation is 1. The van der Waals surface area contributed by atoms with Gasteiger partial charge in [-0.2, -0.15) is 0 Å². The number of hydrogen-bond donors (Lipinski definition) is 0. The lowest BCUT2D eigenvalue weighted by molar-refractivity contribution is 0.237. The van der Waals surface area contributed by atoms with Crippen LogP contribution in [0, 0.1) is 18.8 Å². The first-order valence-electron chi connectivity index (χ1n) is 5.74. The van der Waals surface area contributed by atoms with Crippen molar-refractivity contribution in [2.24, 2.45) is 11.8 Å². The maximum atomic E-state index is 5.78. The Kier molecular flexibility index (Phi) is 5.07. The standard InChI is InChI=1S/C13H20ClNO/c1-9(2)5-10(3)8-16-12-7-15-13(14)6-11(12)4/h6-7,9-10H,5,8H2,1-4H3/t10-/m1/s1. The van der Waals surface area contributed by atoms with E-state index in [2.05, 4.69) is 25.8 Å². The predicted octanol–water partition coefficient (Wildman–Crippen LogP) is 4.10. The Hall–Kier alpha value is -0.760. The molecule has 0 bridgehead atoms. The van der Waals surface area contributed by atoms with Crippen molar-refractivity contribution in [3.63, 3.8) is 0 Å². The molecule has 1 aromatic heterocycles. The van der Waals surface area contributed by atoms with Gasteiger partial charge in [0.2, 0.25) is 0 Å². The van der Waals surface area contributed by atoms with Gasteiger partial charge in [0.1, 0.15) is 10.9 Å². The van der Waals surface area contributed by atoms with Crippen molar-refractivity contribution in [1.29, 1.82) is 0 Å². The topological polar surface area (TPSA) is 22.1 Å². The summed E-state index contributed by atoms with van der Waals surface area (Å²) in [6.07, 6.45) is 2.87. The second-order valence-corrected chi connectivity index (χ2v) is 5.21. The van der Waals surface area contributed by atoms with Crippen LogP contribution in [0.4, 0.5) is 0 Å². The molecule has 0 amide bonds. The van der Waals surface area contributed by atoms with Crippen LogP contribution < -0.4 is 4.74 Å². The number of halogens is 1. The lowest BCUT2D eigenvalue weighted by atomic mass is 10.00. The molecule has 0 aliphatic heterocycles. The van der Waals surface area contributed by atoms with E-state index in [1.165, 1.54) is 6.42 Å². The molecule has 0 unspecified atom stereocenters. The van der Waals surface area contributed by atoms with Gasteiger partial charge in [0.05, 0.1) is 12.8 Å². The van der Waals surface area contributed by atoms with E-state index in [0.717, 1.165) is 17.9 Å². The highest BCUT2D eigenvalue weighted by atomic mass is 35.5. The fourth-order valence-corrected chi connectivity index (χ4v) is 1.98. The molecule has 0 N–H and O–H groups in total. The molecule has 0 saturated carbocycles. The SMILES string of the molecule is Cc1cc(Cl)ncc1OC[C@H](C)CC(C)C. The number of nitrogens with zero attached hydrogens (tertiary/aromatic N) is 1. The second-order valence-electron chi connectivity index (χ2n) is 4.82. The number of hydrogen-bond acceptors (Lipinski definition) is 2.